The Morgan fingerprint density at radius 2 is 1.96 bits per heavy atom. The minimum atomic E-state index is -0.962. The van der Waals surface area contributed by atoms with Crippen molar-refractivity contribution in [3.8, 4) is 5.75 Å². The average Bonchev–Trinajstić information content (AvgIpc) is 2.93. The van der Waals surface area contributed by atoms with Gasteiger partial charge in [0, 0.05) is 6.07 Å². The SMILES string of the molecule is COc1cccc(N2N=C(C)C(C(=O)O)C2c2ccc(F)cc2)c1. The number of carboxylic acids is 1. The first-order valence-corrected chi connectivity index (χ1v) is 7.48. The topological polar surface area (TPSA) is 62.1 Å². The van der Waals surface area contributed by atoms with Crippen LogP contribution in [0.4, 0.5) is 10.1 Å². The summed E-state index contributed by atoms with van der Waals surface area (Å²) in [6.45, 7) is 1.69. The normalized spacial score (nSPS) is 20.0. The quantitative estimate of drug-likeness (QED) is 0.933. The molecule has 0 radical (unpaired) electrons. The van der Waals surface area contributed by atoms with E-state index in [1.165, 1.54) is 12.1 Å². The first kappa shape index (κ1) is 16.0. The Labute approximate surface area is 139 Å². The first-order valence-electron chi connectivity index (χ1n) is 7.48. The molecule has 124 valence electrons. The summed E-state index contributed by atoms with van der Waals surface area (Å²) >= 11 is 0. The van der Waals surface area contributed by atoms with Crippen LogP contribution in [0.3, 0.4) is 0 Å². The molecule has 0 aliphatic carbocycles. The molecule has 0 amide bonds. The second kappa shape index (κ2) is 6.31. The summed E-state index contributed by atoms with van der Waals surface area (Å²) < 4.78 is 18.5. The van der Waals surface area contributed by atoms with Gasteiger partial charge in [-0.2, -0.15) is 5.10 Å². The number of rotatable bonds is 4. The Kier molecular flexibility index (Phi) is 4.20. The predicted octanol–water partition coefficient (Wildman–Crippen LogP) is 3.47. The molecule has 0 aromatic heterocycles. The van der Waals surface area contributed by atoms with E-state index >= 15 is 0 Å². The maximum Gasteiger partial charge on any atom is 0.314 e. The van der Waals surface area contributed by atoms with E-state index in [9.17, 15) is 14.3 Å². The van der Waals surface area contributed by atoms with Gasteiger partial charge in [0.2, 0.25) is 0 Å². The number of hydrogen-bond acceptors (Lipinski definition) is 4. The summed E-state index contributed by atoms with van der Waals surface area (Å²) in [6.07, 6.45) is 0. The van der Waals surface area contributed by atoms with Crippen LogP contribution in [-0.2, 0) is 4.79 Å². The van der Waals surface area contributed by atoms with Gasteiger partial charge in [0.05, 0.1) is 24.6 Å². The number of carboxylic acid groups (broad SMARTS) is 1. The van der Waals surface area contributed by atoms with Crippen molar-refractivity contribution in [3.63, 3.8) is 0 Å². The Morgan fingerprint density at radius 3 is 2.58 bits per heavy atom. The molecule has 6 heteroatoms. The fourth-order valence-electron chi connectivity index (χ4n) is 2.94. The maximum atomic E-state index is 13.2. The summed E-state index contributed by atoms with van der Waals surface area (Å²) in [6, 6.07) is 12.5. The van der Waals surface area contributed by atoms with Crippen molar-refractivity contribution in [2.24, 2.45) is 11.0 Å². The summed E-state index contributed by atoms with van der Waals surface area (Å²) in [5.41, 5.74) is 1.90. The van der Waals surface area contributed by atoms with Crippen LogP contribution in [0, 0.1) is 11.7 Å². The highest BCUT2D eigenvalue weighted by Crippen LogP contribution is 2.40. The fraction of sp³-hybridized carbons (Fsp3) is 0.222. The molecule has 1 N–H and O–H groups in total. The van der Waals surface area contributed by atoms with Crippen LogP contribution in [0.1, 0.15) is 18.5 Å². The number of methoxy groups -OCH3 is 1. The van der Waals surface area contributed by atoms with Crippen LogP contribution in [0.15, 0.2) is 53.6 Å². The van der Waals surface area contributed by atoms with Gasteiger partial charge in [-0.25, -0.2) is 4.39 Å². The zero-order chi connectivity index (χ0) is 17.3. The number of ether oxygens (including phenoxy) is 1. The second-order valence-electron chi connectivity index (χ2n) is 5.60. The van der Waals surface area contributed by atoms with Crippen molar-refractivity contribution in [2.45, 2.75) is 13.0 Å². The summed E-state index contributed by atoms with van der Waals surface area (Å²) in [5, 5.41) is 15.7. The molecule has 5 nitrogen and oxygen atoms in total. The minimum absolute atomic E-state index is 0.366. The molecule has 2 aromatic carbocycles. The molecule has 2 unspecified atom stereocenters. The molecule has 2 aromatic rings. The van der Waals surface area contributed by atoms with Crippen molar-refractivity contribution in [3.05, 3.63) is 59.9 Å². The smallest absolute Gasteiger partial charge is 0.314 e. The number of aliphatic carboxylic acids is 1. The van der Waals surface area contributed by atoms with Gasteiger partial charge in [0.15, 0.2) is 0 Å². The minimum Gasteiger partial charge on any atom is -0.497 e. The lowest BCUT2D eigenvalue weighted by molar-refractivity contribution is -0.139. The molecule has 0 saturated carbocycles. The highest BCUT2D eigenvalue weighted by atomic mass is 19.1. The van der Waals surface area contributed by atoms with E-state index in [2.05, 4.69) is 5.10 Å². The van der Waals surface area contributed by atoms with Crippen LogP contribution < -0.4 is 9.75 Å². The third kappa shape index (κ3) is 2.82. The monoisotopic (exact) mass is 328 g/mol. The summed E-state index contributed by atoms with van der Waals surface area (Å²) in [7, 11) is 1.56. The first-order chi connectivity index (χ1) is 11.5. The standard InChI is InChI=1S/C18H17FN2O3/c1-11-16(18(22)23)17(12-6-8-13(19)9-7-12)21(20-11)14-4-3-5-15(10-14)24-2/h3-10,16-17H,1-2H3,(H,22,23). The molecule has 2 atom stereocenters. The van der Waals surface area contributed by atoms with E-state index in [1.54, 1.807) is 43.3 Å². The highest BCUT2D eigenvalue weighted by molar-refractivity contribution is 6.03. The Hall–Kier alpha value is -2.89. The number of halogens is 1. The lowest BCUT2D eigenvalue weighted by Gasteiger charge is -2.27. The van der Waals surface area contributed by atoms with Gasteiger partial charge in [-0.1, -0.05) is 18.2 Å². The summed E-state index contributed by atoms with van der Waals surface area (Å²) in [5.74, 6) is -1.48. The van der Waals surface area contributed by atoms with Crippen molar-refractivity contribution < 1.29 is 19.0 Å². The van der Waals surface area contributed by atoms with Crippen LogP contribution in [0.25, 0.3) is 0 Å². The molecule has 1 aliphatic heterocycles. The molecule has 24 heavy (non-hydrogen) atoms. The third-order valence-corrected chi connectivity index (χ3v) is 4.09. The van der Waals surface area contributed by atoms with Crippen molar-refractivity contribution in [1.82, 2.24) is 0 Å². The largest absolute Gasteiger partial charge is 0.497 e. The molecule has 0 bridgehead atoms. The maximum absolute atomic E-state index is 13.2. The Bertz CT molecular complexity index is 789. The van der Waals surface area contributed by atoms with Crippen molar-refractivity contribution in [2.75, 3.05) is 12.1 Å². The molecular formula is C18H17FN2O3. The molecule has 1 aliphatic rings. The van der Waals surface area contributed by atoms with Gasteiger partial charge in [-0.15, -0.1) is 0 Å². The van der Waals surface area contributed by atoms with Crippen LogP contribution in [0.5, 0.6) is 5.75 Å². The summed E-state index contributed by atoms with van der Waals surface area (Å²) in [4.78, 5) is 11.8. The molecule has 0 saturated heterocycles. The van der Waals surface area contributed by atoms with Crippen molar-refractivity contribution >= 4 is 17.4 Å². The predicted molar refractivity (Wildman–Crippen MR) is 88.8 cm³/mol. The Balaban J connectivity index is 2.08. The van der Waals surface area contributed by atoms with Gasteiger partial charge < -0.3 is 9.84 Å². The zero-order valence-corrected chi connectivity index (χ0v) is 13.3. The van der Waals surface area contributed by atoms with Crippen molar-refractivity contribution in [1.29, 1.82) is 0 Å². The van der Waals surface area contributed by atoms with Crippen LogP contribution >= 0.6 is 0 Å². The fourth-order valence-corrected chi connectivity index (χ4v) is 2.94. The number of anilines is 1. The Morgan fingerprint density at radius 1 is 1.25 bits per heavy atom. The van der Waals surface area contributed by atoms with Gasteiger partial charge in [-0.05, 0) is 36.8 Å². The molecule has 3 rings (SSSR count). The third-order valence-electron chi connectivity index (χ3n) is 4.09. The van der Waals surface area contributed by atoms with Crippen LogP contribution in [0.2, 0.25) is 0 Å². The molecule has 0 fully saturated rings. The molecular weight excluding hydrogens is 311 g/mol. The zero-order valence-electron chi connectivity index (χ0n) is 13.3. The number of benzene rings is 2. The molecule has 1 heterocycles. The van der Waals surface area contributed by atoms with Gasteiger partial charge in [0.1, 0.15) is 17.5 Å². The van der Waals surface area contributed by atoms with E-state index in [4.69, 9.17) is 4.74 Å². The van der Waals surface area contributed by atoms with E-state index in [-0.39, 0.29) is 5.82 Å². The average molecular weight is 328 g/mol. The van der Waals surface area contributed by atoms with Gasteiger partial charge in [0.25, 0.3) is 0 Å². The lowest BCUT2D eigenvalue weighted by atomic mass is 9.90. The van der Waals surface area contributed by atoms with Crippen LogP contribution in [-0.4, -0.2) is 23.9 Å². The van der Waals surface area contributed by atoms with Gasteiger partial charge >= 0.3 is 5.97 Å². The second-order valence-corrected chi connectivity index (χ2v) is 5.60. The van der Waals surface area contributed by atoms with E-state index in [0.29, 0.717) is 22.7 Å². The molecule has 0 spiro atoms. The number of hydrogen-bond donors (Lipinski definition) is 1. The van der Waals surface area contributed by atoms with E-state index in [0.717, 1.165) is 0 Å². The lowest BCUT2D eigenvalue weighted by Crippen LogP contribution is -2.30. The number of hydrazone groups is 1. The highest BCUT2D eigenvalue weighted by Gasteiger charge is 2.42. The van der Waals surface area contributed by atoms with E-state index < -0.39 is 17.9 Å². The number of nitrogens with zero attached hydrogens (tertiary/aromatic N) is 2. The van der Waals surface area contributed by atoms with Gasteiger partial charge in [-0.3, -0.25) is 9.80 Å². The van der Waals surface area contributed by atoms with E-state index in [1.807, 2.05) is 12.1 Å². The number of carbonyl (C=O) groups is 1.